The van der Waals surface area contributed by atoms with E-state index in [-0.39, 0.29) is 11.8 Å². The number of rotatable bonds is 1. The van der Waals surface area contributed by atoms with Crippen molar-refractivity contribution in [2.24, 2.45) is 5.92 Å². The van der Waals surface area contributed by atoms with Gasteiger partial charge in [-0.25, -0.2) is 0 Å². The minimum absolute atomic E-state index is 0.0152. The molecule has 1 aliphatic rings. The fraction of sp³-hybridized carbons (Fsp3) is 0.364. The highest BCUT2D eigenvalue weighted by molar-refractivity contribution is 5.92. The van der Waals surface area contributed by atoms with Crippen molar-refractivity contribution in [1.29, 1.82) is 0 Å². The Morgan fingerprint density at radius 1 is 1.57 bits per heavy atom. The molecule has 0 N–H and O–H groups in total. The van der Waals surface area contributed by atoms with Crippen LogP contribution in [0.15, 0.2) is 24.4 Å². The first-order chi connectivity index (χ1) is 6.77. The van der Waals surface area contributed by atoms with E-state index < -0.39 is 0 Å². The molecule has 2 radical (unpaired) electrons. The summed E-state index contributed by atoms with van der Waals surface area (Å²) in [6.45, 7) is 7.12. The molecule has 0 aliphatic carbocycles. The molecule has 2 rings (SSSR count). The van der Waals surface area contributed by atoms with Crippen LogP contribution in [0.5, 0.6) is 0 Å². The summed E-state index contributed by atoms with van der Waals surface area (Å²) in [5.74, 6) is 0.112. The molecular weight excluding hydrogens is 176 g/mol. The molecule has 1 atom stereocenters. The molecule has 0 bridgehead atoms. The molecule has 2 heterocycles. The summed E-state index contributed by atoms with van der Waals surface area (Å²) in [5, 5.41) is 0. The lowest BCUT2D eigenvalue weighted by molar-refractivity contribution is 0.0783. The van der Waals surface area contributed by atoms with E-state index in [1.54, 1.807) is 23.2 Å². The third kappa shape index (κ3) is 1.76. The van der Waals surface area contributed by atoms with E-state index in [2.05, 4.69) is 4.98 Å². The SMILES string of the molecule is [CH]C1CCN(C(=O)c2ccccn2)C1. The van der Waals surface area contributed by atoms with E-state index in [0.717, 1.165) is 13.0 Å². The van der Waals surface area contributed by atoms with Gasteiger partial charge in [0.25, 0.3) is 5.91 Å². The van der Waals surface area contributed by atoms with Crippen molar-refractivity contribution < 1.29 is 4.79 Å². The standard InChI is InChI=1S/C11H12N2O/c1-9-5-7-13(8-9)11(14)10-4-2-3-6-12-10/h1-4,6,9H,5,7-8H2. The van der Waals surface area contributed by atoms with Crippen LogP contribution in [0.3, 0.4) is 0 Å². The Balaban J connectivity index is 2.10. The second-order valence-corrected chi connectivity index (χ2v) is 3.51. The first-order valence-electron chi connectivity index (χ1n) is 4.73. The van der Waals surface area contributed by atoms with Crippen molar-refractivity contribution in [2.75, 3.05) is 13.1 Å². The van der Waals surface area contributed by atoms with Crippen molar-refractivity contribution in [3.63, 3.8) is 0 Å². The quantitative estimate of drug-likeness (QED) is 0.664. The zero-order valence-corrected chi connectivity index (χ0v) is 7.89. The van der Waals surface area contributed by atoms with Gasteiger partial charge in [-0.3, -0.25) is 9.78 Å². The molecule has 1 aromatic rings. The van der Waals surface area contributed by atoms with Gasteiger partial charge in [-0.05, 0) is 31.4 Å². The number of hydrogen-bond acceptors (Lipinski definition) is 2. The monoisotopic (exact) mass is 188 g/mol. The van der Waals surface area contributed by atoms with Gasteiger partial charge >= 0.3 is 0 Å². The van der Waals surface area contributed by atoms with Gasteiger partial charge in [0, 0.05) is 19.3 Å². The molecule has 0 saturated carbocycles. The van der Waals surface area contributed by atoms with Crippen LogP contribution in [0.2, 0.25) is 0 Å². The number of carbonyl (C=O) groups is 1. The molecule has 3 nitrogen and oxygen atoms in total. The number of hydrogen-bond donors (Lipinski definition) is 0. The van der Waals surface area contributed by atoms with Crippen LogP contribution in [0.1, 0.15) is 16.9 Å². The van der Waals surface area contributed by atoms with Crippen LogP contribution in [-0.2, 0) is 0 Å². The second kappa shape index (κ2) is 3.78. The largest absolute Gasteiger partial charge is 0.337 e. The van der Waals surface area contributed by atoms with Crippen LogP contribution in [-0.4, -0.2) is 28.9 Å². The highest BCUT2D eigenvalue weighted by Crippen LogP contribution is 2.16. The van der Waals surface area contributed by atoms with Gasteiger partial charge in [-0.15, -0.1) is 0 Å². The Labute approximate surface area is 83.8 Å². The molecule has 1 aromatic heterocycles. The number of pyridine rings is 1. The molecule has 1 fully saturated rings. The Morgan fingerprint density at radius 3 is 3.00 bits per heavy atom. The molecule has 1 amide bonds. The molecule has 0 aromatic carbocycles. The predicted octanol–water partition coefficient (Wildman–Crippen LogP) is 1.25. The molecular formula is C11H12N2O. The lowest BCUT2D eigenvalue weighted by atomic mass is 10.2. The number of carbonyl (C=O) groups excluding carboxylic acids is 1. The fourth-order valence-corrected chi connectivity index (χ4v) is 1.62. The van der Waals surface area contributed by atoms with Crippen LogP contribution >= 0.6 is 0 Å². The molecule has 72 valence electrons. The van der Waals surface area contributed by atoms with Gasteiger partial charge in [0.2, 0.25) is 0 Å². The topological polar surface area (TPSA) is 33.2 Å². The van der Waals surface area contributed by atoms with Crippen molar-refractivity contribution in [3.8, 4) is 0 Å². The van der Waals surface area contributed by atoms with E-state index >= 15 is 0 Å². The fourth-order valence-electron chi connectivity index (χ4n) is 1.62. The maximum atomic E-state index is 11.8. The average molecular weight is 188 g/mol. The van der Waals surface area contributed by atoms with Gasteiger partial charge in [0.05, 0.1) is 0 Å². The molecule has 3 heteroatoms. The van der Waals surface area contributed by atoms with E-state index in [4.69, 9.17) is 6.92 Å². The lowest BCUT2D eigenvalue weighted by Crippen LogP contribution is -2.29. The maximum Gasteiger partial charge on any atom is 0.272 e. The molecule has 0 spiro atoms. The van der Waals surface area contributed by atoms with Crippen molar-refractivity contribution in [2.45, 2.75) is 6.42 Å². The van der Waals surface area contributed by atoms with Crippen molar-refractivity contribution in [3.05, 3.63) is 37.0 Å². The minimum atomic E-state index is -0.0152. The van der Waals surface area contributed by atoms with Gasteiger partial charge in [-0.2, -0.15) is 0 Å². The van der Waals surface area contributed by atoms with Gasteiger partial charge in [-0.1, -0.05) is 6.07 Å². The highest BCUT2D eigenvalue weighted by atomic mass is 16.2. The van der Waals surface area contributed by atoms with E-state index in [9.17, 15) is 4.79 Å². The van der Waals surface area contributed by atoms with Gasteiger partial charge in [0.1, 0.15) is 5.69 Å². The van der Waals surface area contributed by atoms with Gasteiger partial charge < -0.3 is 4.90 Å². The summed E-state index contributed by atoms with van der Waals surface area (Å²) in [4.78, 5) is 17.6. The summed E-state index contributed by atoms with van der Waals surface area (Å²) < 4.78 is 0. The molecule has 14 heavy (non-hydrogen) atoms. The molecule has 1 unspecified atom stereocenters. The Kier molecular flexibility index (Phi) is 2.48. The Morgan fingerprint density at radius 2 is 2.43 bits per heavy atom. The van der Waals surface area contributed by atoms with Crippen LogP contribution in [0.25, 0.3) is 0 Å². The number of nitrogens with zero attached hydrogens (tertiary/aromatic N) is 2. The van der Waals surface area contributed by atoms with Crippen molar-refractivity contribution >= 4 is 5.91 Å². The molecule has 1 saturated heterocycles. The minimum Gasteiger partial charge on any atom is -0.337 e. The lowest BCUT2D eigenvalue weighted by Gasteiger charge is -2.14. The van der Waals surface area contributed by atoms with E-state index in [0.29, 0.717) is 12.2 Å². The third-order valence-corrected chi connectivity index (χ3v) is 2.40. The van der Waals surface area contributed by atoms with E-state index in [1.807, 2.05) is 6.07 Å². The first kappa shape index (κ1) is 9.19. The van der Waals surface area contributed by atoms with Crippen LogP contribution in [0, 0.1) is 12.8 Å². The summed E-state index contributed by atoms with van der Waals surface area (Å²) in [6.07, 6.45) is 2.52. The zero-order valence-electron chi connectivity index (χ0n) is 7.89. The average Bonchev–Trinajstić information content (AvgIpc) is 2.65. The summed E-state index contributed by atoms with van der Waals surface area (Å²) in [7, 11) is 0. The van der Waals surface area contributed by atoms with Gasteiger partial charge in [0.15, 0.2) is 0 Å². The second-order valence-electron chi connectivity index (χ2n) is 3.51. The smallest absolute Gasteiger partial charge is 0.272 e. The Hall–Kier alpha value is -1.38. The maximum absolute atomic E-state index is 11.8. The normalized spacial score (nSPS) is 21.2. The number of likely N-dealkylation sites (tertiary alicyclic amines) is 1. The zero-order chi connectivity index (χ0) is 9.97. The molecule has 1 aliphatic heterocycles. The number of aromatic nitrogens is 1. The first-order valence-corrected chi connectivity index (χ1v) is 4.73. The third-order valence-electron chi connectivity index (χ3n) is 2.40. The summed E-state index contributed by atoms with van der Waals surface area (Å²) >= 11 is 0. The summed E-state index contributed by atoms with van der Waals surface area (Å²) in [5.41, 5.74) is 0.501. The van der Waals surface area contributed by atoms with E-state index in [1.165, 1.54) is 0 Å². The Bertz CT molecular complexity index is 323. The number of amides is 1. The predicted molar refractivity (Wildman–Crippen MR) is 52.5 cm³/mol. The summed E-state index contributed by atoms with van der Waals surface area (Å²) in [6, 6.07) is 5.34. The van der Waals surface area contributed by atoms with Crippen LogP contribution in [0.4, 0.5) is 0 Å². The van der Waals surface area contributed by atoms with Crippen LogP contribution < -0.4 is 0 Å². The highest BCUT2D eigenvalue weighted by Gasteiger charge is 2.24. The van der Waals surface area contributed by atoms with Crippen molar-refractivity contribution in [1.82, 2.24) is 9.88 Å².